The van der Waals surface area contributed by atoms with Gasteiger partial charge in [-0.05, 0) is 43.2 Å². The summed E-state index contributed by atoms with van der Waals surface area (Å²) in [4.78, 5) is 24.2. The maximum absolute atomic E-state index is 13.2. The van der Waals surface area contributed by atoms with E-state index in [0.29, 0.717) is 19.2 Å². The molecule has 1 fully saturated rings. The highest BCUT2D eigenvalue weighted by molar-refractivity contribution is 7.89. The summed E-state index contributed by atoms with van der Waals surface area (Å²) in [5.74, 6) is -3.60. The Labute approximate surface area is 184 Å². The molecule has 0 unspecified atom stereocenters. The number of nitrogens with one attached hydrogen (secondary N) is 1. The van der Waals surface area contributed by atoms with E-state index >= 15 is 0 Å². The Morgan fingerprint density at radius 3 is 2.31 bits per heavy atom. The molecule has 1 heterocycles. The lowest BCUT2D eigenvalue weighted by Gasteiger charge is -2.26. The Balaban J connectivity index is 1.70. The van der Waals surface area contributed by atoms with Crippen molar-refractivity contribution in [2.75, 3.05) is 32.1 Å². The standard InChI is InChI=1S/C21H22F2N2O6S/c1-30-19-6-5-17(32(28,29)25-7-3-2-4-8-25)12-18(19)24-20(26)13-31-21(27)14-9-15(22)11-16(23)10-14/h5-6,9-12H,2-4,7-8,13H2,1H3,(H,24,26). The fourth-order valence-corrected chi connectivity index (χ4v) is 4.82. The van der Waals surface area contributed by atoms with Crippen LogP contribution in [0.2, 0.25) is 0 Å². The molecule has 1 aliphatic heterocycles. The third-order valence-corrected chi connectivity index (χ3v) is 6.73. The van der Waals surface area contributed by atoms with Gasteiger partial charge in [0.1, 0.15) is 17.4 Å². The predicted octanol–water partition coefficient (Wildman–Crippen LogP) is 2.94. The average molecular weight is 468 g/mol. The number of anilines is 1. The molecular weight excluding hydrogens is 446 g/mol. The molecule has 0 atom stereocenters. The highest BCUT2D eigenvalue weighted by atomic mass is 32.2. The molecule has 1 saturated heterocycles. The number of sulfonamides is 1. The predicted molar refractivity (Wildman–Crippen MR) is 111 cm³/mol. The molecule has 2 aromatic rings. The Morgan fingerprint density at radius 2 is 1.69 bits per heavy atom. The number of methoxy groups -OCH3 is 1. The summed E-state index contributed by atoms with van der Waals surface area (Å²) in [6.45, 7) is 0.0859. The third-order valence-electron chi connectivity index (χ3n) is 4.83. The molecule has 3 rings (SSSR count). The topological polar surface area (TPSA) is 102 Å². The minimum atomic E-state index is -3.75. The number of piperidine rings is 1. The fraction of sp³-hybridized carbons (Fsp3) is 0.333. The van der Waals surface area contributed by atoms with Crippen LogP contribution in [0.1, 0.15) is 29.6 Å². The van der Waals surface area contributed by atoms with E-state index in [1.165, 1.54) is 29.6 Å². The first-order valence-electron chi connectivity index (χ1n) is 9.82. The van der Waals surface area contributed by atoms with Crippen LogP contribution >= 0.6 is 0 Å². The monoisotopic (exact) mass is 468 g/mol. The second-order valence-electron chi connectivity index (χ2n) is 7.11. The molecule has 32 heavy (non-hydrogen) atoms. The van der Waals surface area contributed by atoms with E-state index in [9.17, 15) is 26.8 Å². The lowest BCUT2D eigenvalue weighted by molar-refractivity contribution is -0.119. The van der Waals surface area contributed by atoms with E-state index in [1.54, 1.807) is 0 Å². The van der Waals surface area contributed by atoms with Gasteiger partial charge in [-0.3, -0.25) is 4.79 Å². The first-order chi connectivity index (χ1) is 15.2. The SMILES string of the molecule is COc1ccc(S(=O)(=O)N2CCCCC2)cc1NC(=O)COC(=O)c1cc(F)cc(F)c1. The number of hydrogen-bond acceptors (Lipinski definition) is 6. The van der Waals surface area contributed by atoms with Gasteiger partial charge in [0.2, 0.25) is 10.0 Å². The third kappa shape index (κ3) is 5.60. The van der Waals surface area contributed by atoms with Crippen LogP contribution in [0, 0.1) is 11.6 Å². The Kier molecular flexibility index (Phi) is 7.41. The van der Waals surface area contributed by atoms with Crippen LogP contribution in [-0.4, -0.2) is 51.4 Å². The van der Waals surface area contributed by atoms with Gasteiger partial charge in [-0.25, -0.2) is 22.0 Å². The lowest BCUT2D eigenvalue weighted by Crippen LogP contribution is -2.35. The maximum Gasteiger partial charge on any atom is 0.338 e. The van der Waals surface area contributed by atoms with Gasteiger partial charge in [0.15, 0.2) is 6.61 Å². The second-order valence-corrected chi connectivity index (χ2v) is 9.05. The van der Waals surface area contributed by atoms with Crippen LogP contribution in [-0.2, 0) is 19.6 Å². The van der Waals surface area contributed by atoms with Crippen molar-refractivity contribution in [2.24, 2.45) is 0 Å². The number of amides is 1. The Hall–Kier alpha value is -3.05. The van der Waals surface area contributed by atoms with Crippen LogP contribution < -0.4 is 10.1 Å². The van der Waals surface area contributed by atoms with Gasteiger partial charge in [0.25, 0.3) is 5.91 Å². The number of rotatable bonds is 7. The summed E-state index contributed by atoms with van der Waals surface area (Å²) >= 11 is 0. The van der Waals surface area contributed by atoms with E-state index < -0.39 is 40.1 Å². The number of carbonyl (C=O) groups excluding carboxylic acids is 2. The minimum Gasteiger partial charge on any atom is -0.495 e. The second kappa shape index (κ2) is 10.0. The first kappa shape index (κ1) is 23.6. The van der Waals surface area contributed by atoms with E-state index in [1.807, 2.05) is 0 Å². The number of esters is 1. The van der Waals surface area contributed by atoms with Gasteiger partial charge in [0.05, 0.1) is 23.3 Å². The van der Waals surface area contributed by atoms with Gasteiger partial charge in [0, 0.05) is 19.2 Å². The molecule has 0 bridgehead atoms. The van der Waals surface area contributed by atoms with Crippen molar-refractivity contribution in [1.82, 2.24) is 4.31 Å². The molecule has 0 aromatic heterocycles. The van der Waals surface area contributed by atoms with Crippen molar-refractivity contribution in [3.63, 3.8) is 0 Å². The Bertz CT molecular complexity index is 1100. The number of carbonyl (C=O) groups is 2. The first-order valence-corrected chi connectivity index (χ1v) is 11.3. The van der Waals surface area contributed by atoms with Crippen LogP contribution in [0.4, 0.5) is 14.5 Å². The zero-order chi connectivity index (χ0) is 23.3. The van der Waals surface area contributed by atoms with Gasteiger partial charge in [-0.2, -0.15) is 4.31 Å². The molecule has 0 saturated carbocycles. The van der Waals surface area contributed by atoms with Crippen LogP contribution in [0.5, 0.6) is 5.75 Å². The summed E-state index contributed by atoms with van der Waals surface area (Å²) in [7, 11) is -2.40. The molecule has 1 aliphatic rings. The quantitative estimate of drug-likeness (QED) is 0.627. The van der Waals surface area contributed by atoms with Crippen molar-refractivity contribution >= 4 is 27.6 Å². The van der Waals surface area contributed by atoms with Crippen LogP contribution in [0.25, 0.3) is 0 Å². The number of benzene rings is 2. The van der Waals surface area contributed by atoms with Crippen LogP contribution in [0.15, 0.2) is 41.3 Å². The minimum absolute atomic E-state index is 0.0114. The van der Waals surface area contributed by atoms with Crippen molar-refractivity contribution in [3.8, 4) is 5.75 Å². The van der Waals surface area contributed by atoms with Gasteiger partial charge in [-0.1, -0.05) is 6.42 Å². The van der Waals surface area contributed by atoms with Gasteiger partial charge >= 0.3 is 5.97 Å². The normalized spacial score (nSPS) is 14.6. The molecule has 1 amide bonds. The van der Waals surface area contributed by atoms with E-state index in [-0.39, 0.29) is 21.9 Å². The zero-order valence-corrected chi connectivity index (χ0v) is 18.1. The molecular formula is C21H22F2N2O6S. The molecule has 172 valence electrons. The summed E-state index contributed by atoms with van der Waals surface area (Å²) < 4.78 is 63.6. The van der Waals surface area contributed by atoms with Crippen LogP contribution in [0.3, 0.4) is 0 Å². The van der Waals surface area contributed by atoms with E-state index in [2.05, 4.69) is 5.32 Å². The molecule has 11 heteroatoms. The number of nitrogens with zero attached hydrogens (tertiary/aromatic N) is 1. The average Bonchev–Trinajstić information content (AvgIpc) is 2.77. The van der Waals surface area contributed by atoms with Gasteiger partial charge < -0.3 is 14.8 Å². The molecule has 0 radical (unpaired) electrons. The molecule has 8 nitrogen and oxygen atoms in total. The summed E-state index contributed by atoms with van der Waals surface area (Å²) in [6.07, 6.45) is 2.52. The largest absolute Gasteiger partial charge is 0.495 e. The molecule has 0 aliphatic carbocycles. The smallest absolute Gasteiger partial charge is 0.338 e. The summed E-state index contributed by atoms with van der Waals surface area (Å²) in [5, 5.41) is 2.43. The molecule has 2 aromatic carbocycles. The van der Waals surface area contributed by atoms with Crippen molar-refractivity contribution in [3.05, 3.63) is 53.6 Å². The number of ether oxygens (including phenoxy) is 2. The molecule has 1 N–H and O–H groups in total. The van der Waals surface area contributed by atoms with E-state index in [0.717, 1.165) is 31.4 Å². The highest BCUT2D eigenvalue weighted by Gasteiger charge is 2.27. The number of hydrogen-bond donors (Lipinski definition) is 1. The highest BCUT2D eigenvalue weighted by Crippen LogP contribution is 2.30. The van der Waals surface area contributed by atoms with Crippen molar-refractivity contribution in [1.29, 1.82) is 0 Å². The fourth-order valence-electron chi connectivity index (χ4n) is 3.27. The van der Waals surface area contributed by atoms with E-state index in [4.69, 9.17) is 9.47 Å². The zero-order valence-electron chi connectivity index (χ0n) is 17.3. The number of halogens is 2. The van der Waals surface area contributed by atoms with Gasteiger partial charge in [-0.15, -0.1) is 0 Å². The Morgan fingerprint density at radius 1 is 1.03 bits per heavy atom. The summed E-state index contributed by atoms with van der Waals surface area (Å²) in [6, 6.07) is 6.22. The lowest BCUT2D eigenvalue weighted by atomic mass is 10.2. The molecule has 0 spiro atoms. The van der Waals surface area contributed by atoms with Crippen molar-refractivity contribution in [2.45, 2.75) is 24.2 Å². The van der Waals surface area contributed by atoms with Crippen molar-refractivity contribution < 1.29 is 36.3 Å². The maximum atomic E-state index is 13.2. The summed E-state index contributed by atoms with van der Waals surface area (Å²) in [5.41, 5.74) is -0.314.